The second-order valence-corrected chi connectivity index (χ2v) is 5.81. The van der Waals surface area contributed by atoms with E-state index in [-0.39, 0.29) is 0 Å². The predicted octanol–water partition coefficient (Wildman–Crippen LogP) is 3.78. The number of nitrogens with zero attached hydrogens (tertiary/aromatic N) is 4. The van der Waals surface area contributed by atoms with Crippen LogP contribution in [-0.4, -0.2) is 22.0 Å². The molecule has 2 heterocycles. The Kier molecular flexibility index (Phi) is 4.00. The van der Waals surface area contributed by atoms with Gasteiger partial charge in [-0.15, -0.1) is 0 Å². The van der Waals surface area contributed by atoms with Gasteiger partial charge in [0.1, 0.15) is 12.1 Å². The molecule has 0 atom stereocenters. The summed E-state index contributed by atoms with van der Waals surface area (Å²) < 4.78 is 0. The molecule has 0 spiro atoms. The minimum atomic E-state index is 0.397. The third kappa shape index (κ3) is 3.06. The van der Waals surface area contributed by atoms with Crippen LogP contribution in [-0.2, 0) is 6.54 Å². The number of hydrogen-bond acceptors (Lipinski definition) is 4. The Morgan fingerprint density at radius 3 is 2.68 bits per heavy atom. The second kappa shape index (κ2) is 6.10. The van der Waals surface area contributed by atoms with Gasteiger partial charge in [-0.3, -0.25) is 4.98 Å². The molecular formula is C18H20N4. The maximum absolute atomic E-state index is 4.71. The number of pyridine rings is 1. The summed E-state index contributed by atoms with van der Waals surface area (Å²) in [6, 6.07) is 14.4. The van der Waals surface area contributed by atoms with Gasteiger partial charge >= 0.3 is 0 Å². The molecule has 0 N–H and O–H groups in total. The summed E-state index contributed by atoms with van der Waals surface area (Å²) in [5, 5.41) is 1.16. The highest BCUT2D eigenvalue weighted by Gasteiger charge is 2.08. The second-order valence-electron chi connectivity index (χ2n) is 5.81. The van der Waals surface area contributed by atoms with Crippen molar-refractivity contribution in [2.24, 2.45) is 0 Å². The molecule has 0 unspecified atom stereocenters. The predicted molar refractivity (Wildman–Crippen MR) is 90.0 cm³/mol. The molecule has 0 aliphatic rings. The van der Waals surface area contributed by atoms with E-state index in [1.807, 2.05) is 31.3 Å². The molecule has 0 amide bonds. The summed E-state index contributed by atoms with van der Waals surface area (Å²) in [4.78, 5) is 15.5. The van der Waals surface area contributed by atoms with Crippen molar-refractivity contribution in [3.63, 3.8) is 0 Å². The van der Waals surface area contributed by atoms with Crippen LogP contribution < -0.4 is 4.90 Å². The minimum absolute atomic E-state index is 0.397. The molecule has 112 valence electrons. The monoisotopic (exact) mass is 292 g/mol. The van der Waals surface area contributed by atoms with Crippen LogP contribution in [0.2, 0.25) is 0 Å². The molecule has 0 fully saturated rings. The largest absolute Gasteiger partial charge is 0.354 e. The quantitative estimate of drug-likeness (QED) is 0.734. The number of benzene rings is 1. The summed E-state index contributed by atoms with van der Waals surface area (Å²) >= 11 is 0. The van der Waals surface area contributed by atoms with Crippen molar-refractivity contribution in [3.8, 4) is 0 Å². The summed E-state index contributed by atoms with van der Waals surface area (Å²) in [6.07, 6.45) is 1.63. The van der Waals surface area contributed by atoms with Gasteiger partial charge < -0.3 is 4.90 Å². The fraction of sp³-hybridized carbons (Fsp3) is 0.278. The molecule has 0 saturated heterocycles. The van der Waals surface area contributed by atoms with Crippen LogP contribution in [0.5, 0.6) is 0 Å². The van der Waals surface area contributed by atoms with E-state index < -0.39 is 0 Å². The van der Waals surface area contributed by atoms with Gasteiger partial charge in [-0.25, -0.2) is 9.97 Å². The van der Waals surface area contributed by atoms with E-state index >= 15 is 0 Å². The van der Waals surface area contributed by atoms with Crippen LogP contribution in [0.3, 0.4) is 0 Å². The topological polar surface area (TPSA) is 41.9 Å². The van der Waals surface area contributed by atoms with Gasteiger partial charge in [0.05, 0.1) is 17.8 Å². The Labute approximate surface area is 130 Å². The Hall–Kier alpha value is -2.49. The Morgan fingerprint density at radius 2 is 1.86 bits per heavy atom. The molecule has 0 radical (unpaired) electrons. The van der Waals surface area contributed by atoms with Gasteiger partial charge in [0.2, 0.25) is 0 Å². The van der Waals surface area contributed by atoms with Crippen molar-refractivity contribution in [2.75, 3.05) is 11.9 Å². The Bertz CT molecular complexity index is 783. The molecule has 4 heteroatoms. The summed E-state index contributed by atoms with van der Waals surface area (Å²) in [7, 11) is 2.03. The average Bonchev–Trinajstić information content (AvgIpc) is 2.55. The number of anilines is 1. The van der Waals surface area contributed by atoms with Gasteiger partial charge in [-0.05, 0) is 18.1 Å². The van der Waals surface area contributed by atoms with Gasteiger partial charge in [0.15, 0.2) is 0 Å². The van der Waals surface area contributed by atoms with Crippen molar-refractivity contribution >= 4 is 16.7 Å². The van der Waals surface area contributed by atoms with Crippen LogP contribution in [0.1, 0.15) is 31.2 Å². The zero-order chi connectivity index (χ0) is 15.5. The molecule has 3 aromatic rings. The lowest BCUT2D eigenvalue weighted by atomic mass is 10.1. The molecule has 0 aliphatic carbocycles. The van der Waals surface area contributed by atoms with E-state index in [1.54, 1.807) is 6.33 Å². The molecule has 3 rings (SSSR count). The van der Waals surface area contributed by atoms with Crippen molar-refractivity contribution in [2.45, 2.75) is 26.3 Å². The van der Waals surface area contributed by atoms with Crippen LogP contribution >= 0.6 is 0 Å². The van der Waals surface area contributed by atoms with Crippen LogP contribution in [0.4, 0.5) is 5.82 Å². The molecule has 22 heavy (non-hydrogen) atoms. The standard InChI is InChI=1S/C18H20N4/c1-13(2)17-10-18(20-12-19-17)22(3)11-15-9-8-14-6-4-5-7-16(14)21-15/h4-10,12-13H,11H2,1-3H3. The van der Waals surface area contributed by atoms with Crippen molar-refractivity contribution < 1.29 is 0 Å². The average molecular weight is 292 g/mol. The highest BCUT2D eigenvalue weighted by Crippen LogP contribution is 2.18. The van der Waals surface area contributed by atoms with Crippen molar-refractivity contribution in [1.29, 1.82) is 0 Å². The van der Waals surface area contributed by atoms with E-state index in [2.05, 4.69) is 46.9 Å². The highest BCUT2D eigenvalue weighted by atomic mass is 15.2. The zero-order valence-corrected chi connectivity index (χ0v) is 13.2. The third-order valence-corrected chi connectivity index (χ3v) is 3.71. The zero-order valence-electron chi connectivity index (χ0n) is 13.2. The van der Waals surface area contributed by atoms with Gasteiger partial charge in [0, 0.05) is 24.2 Å². The number of para-hydroxylation sites is 1. The summed E-state index contributed by atoms with van der Waals surface area (Å²) in [5.74, 6) is 1.32. The fourth-order valence-electron chi connectivity index (χ4n) is 2.41. The number of aromatic nitrogens is 3. The molecular weight excluding hydrogens is 272 g/mol. The summed E-state index contributed by atoms with van der Waals surface area (Å²) in [5.41, 5.74) is 3.12. The smallest absolute Gasteiger partial charge is 0.132 e. The van der Waals surface area contributed by atoms with Crippen LogP contribution in [0.25, 0.3) is 10.9 Å². The number of fused-ring (bicyclic) bond motifs is 1. The highest BCUT2D eigenvalue weighted by molar-refractivity contribution is 5.78. The van der Waals surface area contributed by atoms with Gasteiger partial charge in [-0.2, -0.15) is 0 Å². The maximum Gasteiger partial charge on any atom is 0.132 e. The van der Waals surface area contributed by atoms with Gasteiger partial charge in [-0.1, -0.05) is 38.1 Å². The first-order valence-corrected chi connectivity index (χ1v) is 7.51. The molecule has 0 aliphatic heterocycles. The Morgan fingerprint density at radius 1 is 1.05 bits per heavy atom. The van der Waals surface area contributed by atoms with Crippen molar-refractivity contribution in [3.05, 3.63) is 60.2 Å². The van der Waals surface area contributed by atoms with Crippen LogP contribution in [0.15, 0.2) is 48.8 Å². The molecule has 0 saturated carbocycles. The fourth-order valence-corrected chi connectivity index (χ4v) is 2.41. The van der Waals surface area contributed by atoms with E-state index in [0.29, 0.717) is 5.92 Å². The lowest BCUT2D eigenvalue weighted by Crippen LogP contribution is -2.19. The van der Waals surface area contributed by atoms with E-state index in [9.17, 15) is 0 Å². The Balaban J connectivity index is 1.83. The summed E-state index contributed by atoms with van der Waals surface area (Å²) in [6.45, 7) is 4.99. The van der Waals surface area contributed by atoms with Crippen molar-refractivity contribution in [1.82, 2.24) is 15.0 Å². The van der Waals surface area contributed by atoms with Crippen LogP contribution in [0, 0.1) is 0 Å². The molecule has 4 nitrogen and oxygen atoms in total. The lowest BCUT2D eigenvalue weighted by molar-refractivity contribution is 0.799. The van der Waals surface area contributed by atoms with E-state index in [1.165, 1.54) is 0 Å². The van der Waals surface area contributed by atoms with Gasteiger partial charge in [0.25, 0.3) is 0 Å². The molecule has 2 aromatic heterocycles. The first kappa shape index (κ1) is 14.4. The minimum Gasteiger partial charge on any atom is -0.354 e. The number of hydrogen-bond donors (Lipinski definition) is 0. The molecule has 0 bridgehead atoms. The van der Waals surface area contributed by atoms with E-state index in [0.717, 1.165) is 34.7 Å². The SMILES string of the molecule is CC(C)c1cc(N(C)Cc2ccc3ccccc3n2)ncn1. The third-order valence-electron chi connectivity index (χ3n) is 3.71. The number of rotatable bonds is 4. The normalized spacial score (nSPS) is 11.1. The first-order chi connectivity index (χ1) is 10.6. The lowest BCUT2D eigenvalue weighted by Gasteiger charge is -2.18. The first-order valence-electron chi connectivity index (χ1n) is 7.51. The molecule has 1 aromatic carbocycles. The maximum atomic E-state index is 4.71. The van der Waals surface area contributed by atoms with E-state index in [4.69, 9.17) is 4.98 Å².